The van der Waals surface area contributed by atoms with Crippen LogP contribution in [0.25, 0.3) is 11.0 Å². The van der Waals surface area contributed by atoms with E-state index in [0.717, 1.165) is 21.0 Å². The van der Waals surface area contributed by atoms with Crippen molar-refractivity contribution in [3.05, 3.63) is 68.9 Å². The molecule has 0 spiro atoms. The Bertz CT molecular complexity index is 814. The molecule has 0 aliphatic rings. The van der Waals surface area contributed by atoms with Crippen molar-refractivity contribution in [2.75, 3.05) is 5.32 Å². The normalized spacial score (nSPS) is 10.7. The smallest absolute Gasteiger partial charge is 0.271 e. The maximum Gasteiger partial charge on any atom is 0.271 e. The molecule has 106 valence electrons. The van der Waals surface area contributed by atoms with E-state index in [9.17, 15) is 10.1 Å². The largest absolute Gasteiger partial charge is 0.464 e. The van der Waals surface area contributed by atoms with E-state index >= 15 is 0 Å². The van der Waals surface area contributed by atoms with Gasteiger partial charge in [-0.05, 0) is 28.1 Å². The van der Waals surface area contributed by atoms with Gasteiger partial charge >= 0.3 is 0 Å². The summed E-state index contributed by atoms with van der Waals surface area (Å²) in [6, 6.07) is 12.4. The molecule has 5 nitrogen and oxygen atoms in total. The highest BCUT2D eigenvalue weighted by molar-refractivity contribution is 9.10. The number of nitrogens with zero attached hydrogens (tertiary/aromatic N) is 1. The van der Waals surface area contributed by atoms with Gasteiger partial charge in [-0.1, -0.05) is 18.2 Å². The minimum Gasteiger partial charge on any atom is -0.464 e. The van der Waals surface area contributed by atoms with Crippen LogP contribution >= 0.6 is 15.9 Å². The number of nitrogens with one attached hydrogen (secondary N) is 1. The zero-order valence-corrected chi connectivity index (χ0v) is 12.5. The van der Waals surface area contributed by atoms with Crippen LogP contribution in [0.15, 0.2) is 57.6 Å². The number of non-ortho nitro benzene ring substituents is 1. The number of para-hydroxylation sites is 1. The van der Waals surface area contributed by atoms with Crippen LogP contribution in [-0.4, -0.2) is 4.92 Å². The molecular weight excluding hydrogens is 336 g/mol. The van der Waals surface area contributed by atoms with E-state index in [-0.39, 0.29) is 5.69 Å². The number of fused-ring (bicyclic) bond motifs is 1. The Morgan fingerprint density at radius 3 is 2.86 bits per heavy atom. The molecule has 0 saturated carbocycles. The number of anilines is 1. The Morgan fingerprint density at radius 2 is 2.05 bits per heavy atom. The Kier molecular flexibility index (Phi) is 3.62. The quantitative estimate of drug-likeness (QED) is 0.548. The van der Waals surface area contributed by atoms with Gasteiger partial charge in [0.2, 0.25) is 0 Å². The van der Waals surface area contributed by atoms with Gasteiger partial charge in [0.1, 0.15) is 5.58 Å². The fraction of sp³-hybridized carbons (Fsp3) is 0.0667. The molecule has 0 aliphatic heterocycles. The molecule has 0 unspecified atom stereocenters. The summed E-state index contributed by atoms with van der Waals surface area (Å²) < 4.78 is 6.25. The lowest BCUT2D eigenvalue weighted by Gasteiger charge is -2.07. The number of hydrogen-bond donors (Lipinski definition) is 1. The van der Waals surface area contributed by atoms with Crippen molar-refractivity contribution in [3.8, 4) is 0 Å². The average Bonchev–Trinajstić information content (AvgIpc) is 2.89. The molecule has 0 atom stereocenters. The first-order valence-electron chi connectivity index (χ1n) is 6.28. The van der Waals surface area contributed by atoms with Gasteiger partial charge in [-0.15, -0.1) is 0 Å². The third-order valence-corrected chi connectivity index (χ3v) is 3.88. The molecule has 6 heteroatoms. The van der Waals surface area contributed by atoms with Gasteiger partial charge in [-0.25, -0.2) is 0 Å². The van der Waals surface area contributed by atoms with E-state index < -0.39 is 4.92 Å². The minimum atomic E-state index is -0.412. The number of nitro groups is 1. The number of nitro benzene ring substituents is 1. The zero-order chi connectivity index (χ0) is 14.8. The summed E-state index contributed by atoms with van der Waals surface area (Å²) in [6.07, 6.45) is 1.70. The number of furan rings is 1. The van der Waals surface area contributed by atoms with Gasteiger partial charge in [-0.2, -0.15) is 0 Å². The second-order valence-corrected chi connectivity index (χ2v) is 5.39. The van der Waals surface area contributed by atoms with E-state index in [0.29, 0.717) is 12.2 Å². The summed E-state index contributed by atoms with van der Waals surface area (Å²) in [6.45, 7) is 0.525. The Labute approximate surface area is 128 Å². The van der Waals surface area contributed by atoms with E-state index in [2.05, 4.69) is 21.2 Å². The predicted octanol–water partition coefficient (Wildman–Crippen LogP) is 4.72. The highest BCUT2D eigenvalue weighted by Crippen LogP contribution is 2.28. The van der Waals surface area contributed by atoms with Gasteiger partial charge in [0.25, 0.3) is 5.69 Å². The molecule has 1 aromatic heterocycles. The Hall–Kier alpha value is -2.34. The van der Waals surface area contributed by atoms with Gasteiger partial charge in [-0.3, -0.25) is 10.1 Å². The van der Waals surface area contributed by atoms with E-state index in [1.54, 1.807) is 12.3 Å². The van der Waals surface area contributed by atoms with Crippen molar-refractivity contribution in [2.45, 2.75) is 6.54 Å². The first-order chi connectivity index (χ1) is 10.1. The lowest BCUT2D eigenvalue weighted by Crippen LogP contribution is -2.00. The summed E-state index contributed by atoms with van der Waals surface area (Å²) in [7, 11) is 0. The van der Waals surface area contributed by atoms with Crippen molar-refractivity contribution in [1.29, 1.82) is 0 Å². The summed E-state index contributed by atoms with van der Waals surface area (Å²) in [4.78, 5) is 10.4. The molecule has 0 saturated heterocycles. The fourth-order valence-electron chi connectivity index (χ4n) is 2.12. The molecule has 0 amide bonds. The van der Waals surface area contributed by atoms with Crippen molar-refractivity contribution in [2.24, 2.45) is 0 Å². The van der Waals surface area contributed by atoms with Crippen molar-refractivity contribution in [1.82, 2.24) is 0 Å². The molecule has 0 aliphatic carbocycles. The van der Waals surface area contributed by atoms with Crippen LogP contribution in [0.1, 0.15) is 5.56 Å². The molecule has 0 fully saturated rings. The van der Waals surface area contributed by atoms with Crippen molar-refractivity contribution < 1.29 is 9.34 Å². The average molecular weight is 347 g/mol. The van der Waals surface area contributed by atoms with Crippen LogP contribution in [0.4, 0.5) is 11.4 Å². The Balaban J connectivity index is 1.84. The minimum absolute atomic E-state index is 0.0535. The van der Waals surface area contributed by atoms with Gasteiger partial charge in [0.05, 0.1) is 16.9 Å². The fourth-order valence-corrected chi connectivity index (χ4v) is 2.51. The number of rotatable bonds is 4. The molecule has 1 heterocycles. The number of hydrogen-bond acceptors (Lipinski definition) is 4. The number of halogens is 1. The van der Waals surface area contributed by atoms with Crippen molar-refractivity contribution >= 4 is 38.3 Å². The highest BCUT2D eigenvalue weighted by Gasteiger charge is 2.10. The van der Waals surface area contributed by atoms with Crippen molar-refractivity contribution in [3.63, 3.8) is 0 Å². The maximum atomic E-state index is 10.8. The lowest BCUT2D eigenvalue weighted by atomic mass is 10.2. The van der Waals surface area contributed by atoms with Gasteiger partial charge in [0.15, 0.2) is 0 Å². The molecule has 3 aromatic rings. The molecule has 0 radical (unpaired) electrons. The second-order valence-electron chi connectivity index (χ2n) is 4.53. The molecular formula is C15H11BrN2O3. The third-order valence-electron chi connectivity index (χ3n) is 3.19. The molecule has 3 rings (SSSR count). The first-order valence-corrected chi connectivity index (χ1v) is 7.07. The SMILES string of the molecule is O=[N+]([O-])c1ccc(Br)c(NCc2coc3ccccc23)c1. The molecule has 0 bridgehead atoms. The van der Waals surface area contributed by atoms with Crippen LogP contribution in [-0.2, 0) is 6.54 Å². The summed E-state index contributed by atoms with van der Waals surface area (Å²) >= 11 is 3.39. The third kappa shape index (κ3) is 2.75. The molecule has 2 aromatic carbocycles. The van der Waals surface area contributed by atoms with Crippen LogP contribution in [0.2, 0.25) is 0 Å². The van der Waals surface area contributed by atoms with E-state index in [1.807, 2.05) is 24.3 Å². The van der Waals surface area contributed by atoms with Gasteiger partial charge in [0, 0.05) is 34.1 Å². The molecule has 21 heavy (non-hydrogen) atoms. The second kappa shape index (κ2) is 5.57. The van der Waals surface area contributed by atoms with Gasteiger partial charge < -0.3 is 9.73 Å². The molecule has 1 N–H and O–H groups in total. The maximum absolute atomic E-state index is 10.8. The highest BCUT2D eigenvalue weighted by atomic mass is 79.9. The standard InChI is InChI=1S/C15H11BrN2O3/c16-13-6-5-11(18(19)20)7-14(13)17-8-10-9-21-15-4-2-1-3-12(10)15/h1-7,9,17H,8H2. The van der Waals surface area contributed by atoms with Crippen LogP contribution in [0.5, 0.6) is 0 Å². The lowest BCUT2D eigenvalue weighted by molar-refractivity contribution is -0.384. The van der Waals surface area contributed by atoms with E-state index in [1.165, 1.54) is 12.1 Å². The topological polar surface area (TPSA) is 68.3 Å². The summed E-state index contributed by atoms with van der Waals surface area (Å²) in [5, 5.41) is 15.0. The Morgan fingerprint density at radius 1 is 1.24 bits per heavy atom. The summed E-state index contributed by atoms with van der Waals surface area (Å²) in [5.41, 5.74) is 2.56. The summed E-state index contributed by atoms with van der Waals surface area (Å²) in [5.74, 6) is 0. The van der Waals surface area contributed by atoms with E-state index in [4.69, 9.17) is 4.42 Å². The van der Waals surface area contributed by atoms with Crippen LogP contribution in [0, 0.1) is 10.1 Å². The number of benzene rings is 2. The zero-order valence-electron chi connectivity index (χ0n) is 10.9. The monoisotopic (exact) mass is 346 g/mol. The van der Waals surface area contributed by atoms with Crippen LogP contribution < -0.4 is 5.32 Å². The first kappa shape index (κ1) is 13.6. The predicted molar refractivity (Wildman–Crippen MR) is 84.3 cm³/mol. The van der Waals surface area contributed by atoms with Crippen LogP contribution in [0.3, 0.4) is 0 Å².